The summed E-state index contributed by atoms with van der Waals surface area (Å²) in [5, 5.41) is 22.9. The summed E-state index contributed by atoms with van der Waals surface area (Å²) < 4.78 is 5.42. The lowest BCUT2D eigenvalue weighted by molar-refractivity contribution is -0.143. The molecular weight excluding hydrogens is 659 g/mol. The van der Waals surface area contributed by atoms with Crippen molar-refractivity contribution >= 4 is 11.9 Å². The second-order valence-corrected chi connectivity index (χ2v) is 15.7. The highest BCUT2D eigenvalue weighted by molar-refractivity contribution is 5.76. The van der Waals surface area contributed by atoms with Gasteiger partial charge in [0.15, 0.2) is 0 Å². The number of rotatable bonds is 42. The number of amides is 1. The molecular formula is C47H89NO5. The number of aliphatic hydroxyl groups is 2. The maximum absolute atomic E-state index is 12.4. The van der Waals surface area contributed by atoms with E-state index in [1.54, 1.807) is 6.08 Å². The van der Waals surface area contributed by atoms with Gasteiger partial charge in [-0.3, -0.25) is 9.59 Å². The molecule has 0 fully saturated rings. The zero-order valence-electron chi connectivity index (χ0n) is 35.2. The van der Waals surface area contributed by atoms with Crippen LogP contribution < -0.4 is 5.32 Å². The highest BCUT2D eigenvalue weighted by Gasteiger charge is 2.18. The summed E-state index contributed by atoms with van der Waals surface area (Å²) in [4.78, 5) is 24.3. The molecule has 3 N–H and O–H groups in total. The van der Waals surface area contributed by atoms with Crippen LogP contribution in [0.5, 0.6) is 0 Å². The summed E-state index contributed by atoms with van der Waals surface area (Å²) in [5.41, 5.74) is 0. The SMILES string of the molecule is CCCCCCCCCCCC/C=C/C(O)C(CO)NC(=O)CCCCCCC/C=C\CCCCOC(=O)CCCCCCCCCCCCCCC. The summed E-state index contributed by atoms with van der Waals surface area (Å²) in [6.07, 6.45) is 48.8. The summed E-state index contributed by atoms with van der Waals surface area (Å²) in [7, 11) is 0. The Bertz CT molecular complexity index is 828. The standard InChI is InChI=1S/C47H89NO5/c1-3-5-7-9-11-13-15-17-21-25-29-33-37-41-47(52)53-42-38-34-30-26-22-18-20-24-28-32-36-40-46(51)48-44(43-49)45(50)39-35-31-27-23-19-16-14-12-10-8-6-4-2/h22,26,35,39,44-45,49-50H,3-21,23-25,27-34,36-38,40-43H2,1-2H3,(H,48,51)/b26-22-,39-35+. The number of carbonyl (C=O) groups is 2. The lowest BCUT2D eigenvalue weighted by Crippen LogP contribution is -2.45. The van der Waals surface area contributed by atoms with E-state index in [2.05, 4.69) is 31.3 Å². The molecule has 312 valence electrons. The van der Waals surface area contributed by atoms with Crippen molar-refractivity contribution in [3.63, 3.8) is 0 Å². The van der Waals surface area contributed by atoms with Crippen molar-refractivity contribution < 1.29 is 24.5 Å². The molecule has 0 saturated carbocycles. The van der Waals surface area contributed by atoms with Gasteiger partial charge in [0.05, 0.1) is 25.4 Å². The Labute approximate surface area is 329 Å². The molecule has 2 atom stereocenters. The molecule has 1 amide bonds. The molecule has 0 heterocycles. The smallest absolute Gasteiger partial charge is 0.305 e. The number of aliphatic hydroxyl groups excluding tert-OH is 2. The molecule has 6 heteroatoms. The van der Waals surface area contributed by atoms with Gasteiger partial charge in [-0.25, -0.2) is 0 Å². The third-order valence-corrected chi connectivity index (χ3v) is 10.5. The number of allylic oxidation sites excluding steroid dienone is 3. The van der Waals surface area contributed by atoms with Crippen LogP contribution in [-0.4, -0.2) is 47.4 Å². The fourth-order valence-electron chi connectivity index (χ4n) is 6.86. The van der Waals surface area contributed by atoms with E-state index in [1.165, 1.54) is 128 Å². The number of hydrogen-bond donors (Lipinski definition) is 3. The van der Waals surface area contributed by atoms with E-state index in [0.29, 0.717) is 19.4 Å². The van der Waals surface area contributed by atoms with Gasteiger partial charge in [0, 0.05) is 12.8 Å². The van der Waals surface area contributed by atoms with Crippen LogP contribution in [0.1, 0.15) is 239 Å². The van der Waals surface area contributed by atoms with Crippen LogP contribution in [0.25, 0.3) is 0 Å². The molecule has 2 unspecified atom stereocenters. The van der Waals surface area contributed by atoms with E-state index in [4.69, 9.17) is 4.74 Å². The van der Waals surface area contributed by atoms with E-state index in [1.807, 2.05) is 6.08 Å². The van der Waals surface area contributed by atoms with Crippen LogP contribution in [-0.2, 0) is 14.3 Å². The fourth-order valence-corrected chi connectivity index (χ4v) is 6.86. The predicted molar refractivity (Wildman–Crippen MR) is 227 cm³/mol. The molecule has 0 radical (unpaired) electrons. The van der Waals surface area contributed by atoms with Crippen LogP contribution >= 0.6 is 0 Å². The topological polar surface area (TPSA) is 95.9 Å². The van der Waals surface area contributed by atoms with Gasteiger partial charge >= 0.3 is 5.97 Å². The molecule has 0 spiro atoms. The van der Waals surface area contributed by atoms with Crippen molar-refractivity contribution in [1.29, 1.82) is 0 Å². The van der Waals surface area contributed by atoms with E-state index >= 15 is 0 Å². The molecule has 0 aromatic heterocycles. The predicted octanol–water partition coefficient (Wildman–Crippen LogP) is 13.2. The van der Waals surface area contributed by atoms with E-state index in [0.717, 1.165) is 83.5 Å². The summed E-state index contributed by atoms with van der Waals surface area (Å²) in [5.74, 6) is -0.131. The van der Waals surface area contributed by atoms with Crippen LogP contribution in [0.4, 0.5) is 0 Å². The first-order chi connectivity index (χ1) is 26.0. The minimum Gasteiger partial charge on any atom is -0.466 e. The van der Waals surface area contributed by atoms with Gasteiger partial charge in [-0.05, 0) is 57.8 Å². The van der Waals surface area contributed by atoms with Crippen molar-refractivity contribution in [2.75, 3.05) is 13.2 Å². The summed E-state index contributed by atoms with van der Waals surface area (Å²) in [6.45, 7) is 4.80. The third-order valence-electron chi connectivity index (χ3n) is 10.5. The Morgan fingerprint density at radius 1 is 0.509 bits per heavy atom. The zero-order chi connectivity index (χ0) is 38.7. The van der Waals surface area contributed by atoms with Gasteiger partial charge in [-0.1, -0.05) is 192 Å². The molecule has 0 aliphatic heterocycles. The highest BCUT2D eigenvalue weighted by Crippen LogP contribution is 2.15. The number of ether oxygens (including phenoxy) is 1. The molecule has 0 aromatic carbocycles. The van der Waals surface area contributed by atoms with Gasteiger partial charge in [0.25, 0.3) is 0 Å². The van der Waals surface area contributed by atoms with Crippen LogP contribution in [0, 0.1) is 0 Å². The molecule has 0 aliphatic carbocycles. The lowest BCUT2D eigenvalue weighted by Gasteiger charge is -2.20. The van der Waals surface area contributed by atoms with Gasteiger partial charge in [-0.2, -0.15) is 0 Å². The number of unbranched alkanes of at least 4 members (excludes halogenated alkanes) is 29. The number of hydrogen-bond acceptors (Lipinski definition) is 5. The molecule has 0 aromatic rings. The number of nitrogens with one attached hydrogen (secondary N) is 1. The second-order valence-electron chi connectivity index (χ2n) is 15.7. The van der Waals surface area contributed by atoms with E-state index in [9.17, 15) is 19.8 Å². The molecule has 0 rings (SSSR count). The normalized spacial score (nSPS) is 12.9. The zero-order valence-corrected chi connectivity index (χ0v) is 35.2. The van der Waals surface area contributed by atoms with Crippen LogP contribution in [0.3, 0.4) is 0 Å². The maximum Gasteiger partial charge on any atom is 0.305 e. The Balaban J connectivity index is 3.56. The average Bonchev–Trinajstić information content (AvgIpc) is 3.16. The third kappa shape index (κ3) is 39.8. The summed E-state index contributed by atoms with van der Waals surface area (Å²) in [6, 6.07) is -0.646. The number of carbonyl (C=O) groups excluding carboxylic acids is 2. The second kappa shape index (κ2) is 43.1. The first kappa shape index (κ1) is 51.3. The first-order valence-corrected chi connectivity index (χ1v) is 23.1. The largest absolute Gasteiger partial charge is 0.466 e. The Morgan fingerprint density at radius 3 is 1.34 bits per heavy atom. The monoisotopic (exact) mass is 748 g/mol. The Hall–Kier alpha value is -1.66. The molecule has 0 saturated heterocycles. The van der Waals surface area contributed by atoms with E-state index in [-0.39, 0.29) is 18.5 Å². The van der Waals surface area contributed by atoms with Crippen LogP contribution in [0.15, 0.2) is 24.3 Å². The van der Waals surface area contributed by atoms with Crippen molar-refractivity contribution in [3.8, 4) is 0 Å². The fraction of sp³-hybridized carbons (Fsp3) is 0.872. The quantitative estimate of drug-likeness (QED) is 0.0328. The van der Waals surface area contributed by atoms with Gasteiger partial charge in [0.2, 0.25) is 5.91 Å². The first-order valence-electron chi connectivity index (χ1n) is 23.1. The summed E-state index contributed by atoms with van der Waals surface area (Å²) >= 11 is 0. The van der Waals surface area contributed by atoms with Gasteiger partial charge < -0.3 is 20.3 Å². The Kier molecular flexibility index (Phi) is 41.7. The Morgan fingerprint density at radius 2 is 0.887 bits per heavy atom. The van der Waals surface area contributed by atoms with Gasteiger partial charge in [-0.15, -0.1) is 0 Å². The molecule has 0 aliphatic rings. The highest BCUT2D eigenvalue weighted by atomic mass is 16.5. The van der Waals surface area contributed by atoms with Crippen molar-refractivity contribution in [3.05, 3.63) is 24.3 Å². The molecule has 53 heavy (non-hydrogen) atoms. The van der Waals surface area contributed by atoms with Crippen molar-refractivity contribution in [1.82, 2.24) is 5.32 Å². The maximum atomic E-state index is 12.4. The minimum absolute atomic E-state index is 0.0324. The number of esters is 1. The van der Waals surface area contributed by atoms with Crippen LogP contribution in [0.2, 0.25) is 0 Å². The molecule has 0 bridgehead atoms. The van der Waals surface area contributed by atoms with Gasteiger partial charge in [0.1, 0.15) is 0 Å². The van der Waals surface area contributed by atoms with Crippen molar-refractivity contribution in [2.45, 2.75) is 251 Å². The lowest BCUT2D eigenvalue weighted by atomic mass is 10.0. The van der Waals surface area contributed by atoms with Crippen molar-refractivity contribution in [2.24, 2.45) is 0 Å². The average molecular weight is 748 g/mol. The minimum atomic E-state index is -0.860. The van der Waals surface area contributed by atoms with E-state index < -0.39 is 12.1 Å². The molecule has 6 nitrogen and oxygen atoms in total.